The smallest absolute Gasteiger partial charge is 0.289 e. The van der Waals surface area contributed by atoms with Crippen molar-refractivity contribution in [2.24, 2.45) is 7.05 Å². The molecule has 0 aromatic carbocycles. The van der Waals surface area contributed by atoms with E-state index in [1.165, 1.54) is 10.9 Å². The fourth-order valence-electron chi connectivity index (χ4n) is 0.480. The molecule has 0 saturated heterocycles. The highest BCUT2D eigenvalue weighted by Gasteiger charge is 1.93. The van der Waals surface area contributed by atoms with Gasteiger partial charge in [0.15, 0.2) is 0 Å². The van der Waals surface area contributed by atoms with E-state index in [2.05, 4.69) is 5.10 Å². The molecule has 0 saturated carbocycles. The number of halogens is 1. The third-order valence-corrected chi connectivity index (χ3v) is 0.965. The predicted molar refractivity (Wildman–Crippen MR) is 37.7 cm³/mol. The Bertz CT molecular complexity index is 216. The zero-order valence-electron chi connectivity index (χ0n) is 4.92. The molecular weight excluding hydrogens is 142 g/mol. The van der Waals surface area contributed by atoms with Gasteiger partial charge in [0, 0.05) is 13.2 Å². The van der Waals surface area contributed by atoms with Crippen LogP contribution >= 0.6 is 12.4 Å². The van der Waals surface area contributed by atoms with E-state index in [0.717, 1.165) is 0 Å². The predicted octanol–water partition coefficient (Wildman–Crippen LogP) is -0.283. The Morgan fingerprint density at radius 2 is 2.33 bits per heavy atom. The first-order chi connectivity index (χ1) is 3.72. The van der Waals surface area contributed by atoms with Crippen LogP contribution in [0.2, 0.25) is 0 Å². The molecule has 0 fully saturated rings. The zero-order chi connectivity index (χ0) is 6.15. The standard InChI is InChI=1S/C4H7N3O.ClH/c1-7-4(8)3(5)2-6-7;/h2,6H,5H2,1H3;1H. The minimum absolute atomic E-state index is 0. The van der Waals surface area contributed by atoms with Gasteiger partial charge in [-0.25, -0.2) is 0 Å². The number of anilines is 1. The van der Waals surface area contributed by atoms with Gasteiger partial charge in [-0.1, -0.05) is 0 Å². The van der Waals surface area contributed by atoms with Crippen molar-refractivity contribution < 1.29 is 0 Å². The summed E-state index contributed by atoms with van der Waals surface area (Å²) in [5.41, 5.74) is 5.26. The number of nitrogens with one attached hydrogen (secondary N) is 1. The molecule has 0 amide bonds. The lowest BCUT2D eigenvalue weighted by Crippen LogP contribution is -2.14. The number of nitrogens with two attached hydrogens (primary N) is 1. The molecule has 1 aromatic heterocycles. The van der Waals surface area contributed by atoms with Gasteiger partial charge in [-0.15, -0.1) is 12.4 Å². The summed E-state index contributed by atoms with van der Waals surface area (Å²) in [5.74, 6) is 0. The highest BCUT2D eigenvalue weighted by Crippen LogP contribution is 1.83. The van der Waals surface area contributed by atoms with E-state index in [-0.39, 0.29) is 23.7 Å². The molecule has 0 unspecified atom stereocenters. The van der Waals surface area contributed by atoms with Crippen molar-refractivity contribution in [3.8, 4) is 0 Å². The lowest BCUT2D eigenvalue weighted by atomic mass is 10.6. The molecule has 0 bridgehead atoms. The van der Waals surface area contributed by atoms with Crippen LogP contribution in [0.15, 0.2) is 11.0 Å². The molecule has 4 nitrogen and oxygen atoms in total. The fourth-order valence-corrected chi connectivity index (χ4v) is 0.480. The summed E-state index contributed by atoms with van der Waals surface area (Å²) < 4.78 is 1.31. The van der Waals surface area contributed by atoms with Crippen LogP contribution in [0.25, 0.3) is 0 Å². The van der Waals surface area contributed by atoms with Gasteiger partial charge >= 0.3 is 0 Å². The maximum absolute atomic E-state index is 10.6. The van der Waals surface area contributed by atoms with Crippen LogP contribution in [0.1, 0.15) is 0 Å². The van der Waals surface area contributed by atoms with Crippen molar-refractivity contribution in [3.05, 3.63) is 16.6 Å². The lowest BCUT2D eigenvalue weighted by Gasteiger charge is -1.80. The highest BCUT2D eigenvalue weighted by atomic mass is 35.5. The summed E-state index contributed by atoms with van der Waals surface area (Å²) >= 11 is 0. The third kappa shape index (κ3) is 1.26. The van der Waals surface area contributed by atoms with Crippen LogP contribution < -0.4 is 11.3 Å². The molecule has 52 valence electrons. The molecular formula is C4H8ClN3O. The monoisotopic (exact) mass is 149 g/mol. The normalized spacial score (nSPS) is 8.56. The highest BCUT2D eigenvalue weighted by molar-refractivity contribution is 5.85. The molecule has 0 aliphatic heterocycles. The zero-order valence-corrected chi connectivity index (χ0v) is 5.73. The molecule has 0 spiro atoms. The molecule has 0 aliphatic carbocycles. The van der Waals surface area contributed by atoms with Crippen molar-refractivity contribution >= 4 is 18.1 Å². The maximum Gasteiger partial charge on any atom is 0.289 e. The van der Waals surface area contributed by atoms with Crippen molar-refractivity contribution in [3.63, 3.8) is 0 Å². The van der Waals surface area contributed by atoms with Crippen molar-refractivity contribution in [1.82, 2.24) is 9.78 Å². The molecule has 9 heavy (non-hydrogen) atoms. The van der Waals surface area contributed by atoms with Crippen molar-refractivity contribution in [2.75, 3.05) is 5.73 Å². The quantitative estimate of drug-likeness (QED) is 0.533. The van der Waals surface area contributed by atoms with Gasteiger partial charge in [0.25, 0.3) is 5.56 Å². The van der Waals surface area contributed by atoms with Crippen LogP contribution in [0.4, 0.5) is 5.69 Å². The Morgan fingerprint density at radius 3 is 2.44 bits per heavy atom. The molecule has 0 radical (unpaired) electrons. The second-order valence-corrected chi connectivity index (χ2v) is 1.59. The Balaban J connectivity index is 0.000000640. The molecule has 1 heterocycles. The third-order valence-electron chi connectivity index (χ3n) is 0.965. The van der Waals surface area contributed by atoms with Crippen LogP contribution in [-0.2, 0) is 7.05 Å². The van der Waals surface area contributed by atoms with Gasteiger partial charge in [-0.3, -0.25) is 9.48 Å². The Kier molecular flexibility index (Phi) is 2.33. The average molecular weight is 150 g/mol. The van der Waals surface area contributed by atoms with Crippen LogP contribution in [0.5, 0.6) is 0 Å². The van der Waals surface area contributed by atoms with Gasteiger partial charge in [0.2, 0.25) is 0 Å². The van der Waals surface area contributed by atoms with E-state index in [4.69, 9.17) is 5.73 Å². The Morgan fingerprint density at radius 1 is 1.78 bits per heavy atom. The molecule has 0 aliphatic rings. The van der Waals surface area contributed by atoms with Gasteiger partial charge in [0.1, 0.15) is 5.69 Å². The number of aryl methyl sites for hydroxylation is 1. The number of rotatable bonds is 0. The topological polar surface area (TPSA) is 63.8 Å². The van der Waals surface area contributed by atoms with E-state index in [0.29, 0.717) is 0 Å². The first-order valence-corrected chi connectivity index (χ1v) is 2.21. The second-order valence-electron chi connectivity index (χ2n) is 1.59. The number of hydrogen-bond donors (Lipinski definition) is 2. The summed E-state index contributed by atoms with van der Waals surface area (Å²) in [6, 6.07) is 0. The Hall–Kier alpha value is -0.900. The van der Waals surface area contributed by atoms with E-state index in [1.54, 1.807) is 7.05 Å². The maximum atomic E-state index is 10.6. The second kappa shape index (κ2) is 2.59. The van der Waals surface area contributed by atoms with Crippen molar-refractivity contribution in [2.45, 2.75) is 0 Å². The van der Waals surface area contributed by atoms with Crippen LogP contribution in [0.3, 0.4) is 0 Å². The van der Waals surface area contributed by atoms with E-state index < -0.39 is 0 Å². The number of H-pyrrole nitrogens is 1. The molecule has 5 heteroatoms. The van der Waals surface area contributed by atoms with E-state index in [9.17, 15) is 4.79 Å². The minimum atomic E-state index is -0.176. The van der Waals surface area contributed by atoms with E-state index >= 15 is 0 Å². The van der Waals surface area contributed by atoms with Crippen LogP contribution in [-0.4, -0.2) is 9.78 Å². The summed E-state index contributed by atoms with van der Waals surface area (Å²) in [4.78, 5) is 10.6. The molecule has 0 atom stereocenters. The summed E-state index contributed by atoms with van der Waals surface area (Å²) in [6.45, 7) is 0. The summed E-state index contributed by atoms with van der Waals surface area (Å²) in [5, 5.41) is 2.62. The fraction of sp³-hybridized carbons (Fsp3) is 0.250. The number of nitrogens with zero attached hydrogens (tertiary/aromatic N) is 1. The van der Waals surface area contributed by atoms with Crippen molar-refractivity contribution in [1.29, 1.82) is 0 Å². The number of hydrogen-bond acceptors (Lipinski definition) is 2. The average Bonchev–Trinajstić information content (AvgIpc) is 1.98. The number of nitrogen functional groups attached to an aromatic ring is 1. The van der Waals surface area contributed by atoms with Gasteiger partial charge < -0.3 is 10.8 Å². The van der Waals surface area contributed by atoms with Gasteiger partial charge in [0.05, 0.1) is 0 Å². The minimum Gasteiger partial charge on any atom is -0.393 e. The molecule has 1 aromatic rings. The summed E-state index contributed by atoms with van der Waals surface area (Å²) in [6.07, 6.45) is 1.46. The molecule has 1 rings (SSSR count). The SMILES string of the molecule is Cl.Cn1[nH]cc(N)c1=O. The number of aromatic amines is 1. The Labute approximate surface area is 58.1 Å². The lowest BCUT2D eigenvalue weighted by molar-refractivity contribution is 0.740. The first-order valence-electron chi connectivity index (χ1n) is 2.21. The largest absolute Gasteiger partial charge is 0.393 e. The van der Waals surface area contributed by atoms with Crippen LogP contribution in [0, 0.1) is 0 Å². The molecule has 3 N–H and O–H groups in total. The van der Waals surface area contributed by atoms with Gasteiger partial charge in [-0.05, 0) is 0 Å². The van der Waals surface area contributed by atoms with E-state index in [1.807, 2.05) is 0 Å². The first kappa shape index (κ1) is 8.10. The summed E-state index contributed by atoms with van der Waals surface area (Å²) in [7, 11) is 1.61. The number of aromatic nitrogens is 2. The van der Waals surface area contributed by atoms with Gasteiger partial charge in [-0.2, -0.15) is 0 Å².